The zero-order valence-corrected chi connectivity index (χ0v) is 13.3. The molecule has 0 aliphatic heterocycles. The molecule has 1 heterocycles. The van der Waals surface area contributed by atoms with Crippen molar-refractivity contribution in [1.82, 2.24) is 4.98 Å². The lowest BCUT2D eigenvalue weighted by Gasteiger charge is -2.35. The Morgan fingerprint density at radius 3 is 2.25 bits per heavy atom. The Morgan fingerprint density at radius 2 is 1.62 bits per heavy atom. The minimum atomic E-state index is -0.971. The van der Waals surface area contributed by atoms with Gasteiger partial charge in [-0.1, -0.05) is 54.6 Å². The number of ether oxygens (including phenoxy) is 1. The van der Waals surface area contributed by atoms with Crippen LogP contribution in [0.3, 0.4) is 0 Å². The highest BCUT2D eigenvalue weighted by molar-refractivity contribution is 5.95. The quantitative estimate of drug-likeness (QED) is 0.786. The molecule has 24 heavy (non-hydrogen) atoms. The molecular formula is C20H18N2O2. The van der Waals surface area contributed by atoms with E-state index in [1.807, 2.05) is 54.6 Å². The molecule has 0 aliphatic rings. The molecular weight excluding hydrogens is 300 g/mol. The SMILES string of the molecule is COC(c1ccccc1)(c1cccnc1)c1ccccc1C(N)=O. The maximum absolute atomic E-state index is 12.0. The number of hydrogen-bond donors (Lipinski definition) is 1. The lowest BCUT2D eigenvalue weighted by atomic mass is 9.78. The Balaban J connectivity index is 2.38. The van der Waals surface area contributed by atoms with Crippen molar-refractivity contribution in [3.8, 4) is 0 Å². The van der Waals surface area contributed by atoms with Crippen molar-refractivity contribution in [2.75, 3.05) is 7.11 Å². The van der Waals surface area contributed by atoms with E-state index in [1.165, 1.54) is 0 Å². The first-order valence-electron chi connectivity index (χ1n) is 7.60. The van der Waals surface area contributed by atoms with Crippen LogP contribution in [-0.4, -0.2) is 18.0 Å². The van der Waals surface area contributed by atoms with Gasteiger partial charge in [-0.2, -0.15) is 0 Å². The molecule has 120 valence electrons. The van der Waals surface area contributed by atoms with Gasteiger partial charge in [-0.25, -0.2) is 0 Å². The van der Waals surface area contributed by atoms with Gasteiger partial charge in [-0.05, 0) is 17.7 Å². The molecule has 3 rings (SSSR count). The molecule has 1 unspecified atom stereocenters. The Kier molecular flexibility index (Phi) is 4.40. The van der Waals surface area contributed by atoms with E-state index in [0.717, 1.165) is 11.1 Å². The number of benzene rings is 2. The van der Waals surface area contributed by atoms with Crippen molar-refractivity contribution >= 4 is 5.91 Å². The summed E-state index contributed by atoms with van der Waals surface area (Å²) in [5, 5.41) is 0. The van der Waals surface area contributed by atoms with Crippen molar-refractivity contribution < 1.29 is 9.53 Å². The molecule has 1 atom stereocenters. The summed E-state index contributed by atoms with van der Waals surface area (Å²) in [6.07, 6.45) is 3.45. The Bertz CT molecular complexity index is 793. The number of amides is 1. The number of rotatable bonds is 5. The summed E-state index contributed by atoms with van der Waals surface area (Å²) in [5.41, 5.74) is 7.48. The normalized spacial score (nSPS) is 13.2. The lowest BCUT2D eigenvalue weighted by Crippen LogP contribution is -2.34. The molecule has 0 saturated heterocycles. The summed E-state index contributed by atoms with van der Waals surface area (Å²) in [6.45, 7) is 0. The largest absolute Gasteiger partial charge is 0.366 e. The van der Waals surface area contributed by atoms with Gasteiger partial charge in [-0.15, -0.1) is 0 Å². The van der Waals surface area contributed by atoms with E-state index in [9.17, 15) is 4.79 Å². The molecule has 1 aromatic heterocycles. The Hall–Kier alpha value is -2.98. The minimum absolute atomic E-state index is 0.423. The lowest BCUT2D eigenvalue weighted by molar-refractivity contribution is 0.0569. The third kappa shape index (κ3) is 2.57. The van der Waals surface area contributed by atoms with Gasteiger partial charge in [-0.3, -0.25) is 9.78 Å². The monoisotopic (exact) mass is 318 g/mol. The molecule has 0 fully saturated rings. The van der Waals surface area contributed by atoms with Crippen molar-refractivity contribution in [2.24, 2.45) is 5.73 Å². The second kappa shape index (κ2) is 6.64. The molecule has 4 nitrogen and oxygen atoms in total. The van der Waals surface area contributed by atoms with Crippen LogP contribution < -0.4 is 5.73 Å². The van der Waals surface area contributed by atoms with Gasteiger partial charge < -0.3 is 10.5 Å². The summed E-state index contributed by atoms with van der Waals surface area (Å²) in [5.74, 6) is -0.494. The van der Waals surface area contributed by atoms with Crippen LogP contribution in [0.2, 0.25) is 0 Å². The maximum atomic E-state index is 12.0. The molecule has 0 spiro atoms. The maximum Gasteiger partial charge on any atom is 0.249 e. The second-order valence-corrected chi connectivity index (χ2v) is 5.40. The van der Waals surface area contributed by atoms with Crippen LogP contribution in [-0.2, 0) is 10.3 Å². The molecule has 1 amide bonds. The third-order valence-electron chi connectivity index (χ3n) is 4.13. The molecule has 0 bridgehead atoms. The standard InChI is InChI=1S/C20H18N2O2/c1-24-20(15-8-3-2-4-9-15,16-10-7-13-22-14-16)18-12-6-5-11-17(18)19(21)23/h2-14H,1H3,(H2,21,23). The van der Waals surface area contributed by atoms with Gasteiger partial charge in [0.25, 0.3) is 0 Å². The highest BCUT2D eigenvalue weighted by atomic mass is 16.5. The van der Waals surface area contributed by atoms with Gasteiger partial charge >= 0.3 is 0 Å². The van der Waals surface area contributed by atoms with Crippen LogP contribution >= 0.6 is 0 Å². The summed E-state index contributed by atoms with van der Waals surface area (Å²) in [7, 11) is 1.62. The summed E-state index contributed by atoms with van der Waals surface area (Å²) in [4.78, 5) is 16.2. The van der Waals surface area contributed by atoms with Gasteiger partial charge in [0.1, 0.15) is 5.60 Å². The number of aromatic nitrogens is 1. The minimum Gasteiger partial charge on any atom is -0.366 e. The highest BCUT2D eigenvalue weighted by Gasteiger charge is 2.39. The topological polar surface area (TPSA) is 65.2 Å². The first kappa shape index (κ1) is 15.9. The van der Waals surface area contributed by atoms with Crippen LogP contribution in [0.4, 0.5) is 0 Å². The smallest absolute Gasteiger partial charge is 0.249 e. The van der Waals surface area contributed by atoms with Gasteiger partial charge in [0.05, 0.1) is 0 Å². The van der Waals surface area contributed by atoms with E-state index in [-0.39, 0.29) is 0 Å². The zero-order chi connectivity index (χ0) is 17.0. The van der Waals surface area contributed by atoms with Crippen LogP contribution in [0.15, 0.2) is 79.1 Å². The van der Waals surface area contributed by atoms with E-state index in [2.05, 4.69) is 4.98 Å². The summed E-state index contributed by atoms with van der Waals surface area (Å²) in [6, 6.07) is 20.8. The molecule has 0 saturated carbocycles. The van der Waals surface area contributed by atoms with Crippen LogP contribution in [0.5, 0.6) is 0 Å². The third-order valence-corrected chi connectivity index (χ3v) is 4.13. The van der Waals surface area contributed by atoms with E-state index in [1.54, 1.807) is 31.6 Å². The van der Waals surface area contributed by atoms with Crippen LogP contribution in [0, 0.1) is 0 Å². The highest BCUT2D eigenvalue weighted by Crippen LogP contribution is 2.40. The van der Waals surface area contributed by atoms with Crippen molar-refractivity contribution in [1.29, 1.82) is 0 Å². The van der Waals surface area contributed by atoms with Gasteiger partial charge in [0, 0.05) is 36.2 Å². The van der Waals surface area contributed by atoms with Gasteiger partial charge in [0.2, 0.25) is 5.91 Å². The van der Waals surface area contributed by atoms with E-state index in [0.29, 0.717) is 11.1 Å². The number of methoxy groups -OCH3 is 1. The van der Waals surface area contributed by atoms with Crippen LogP contribution in [0.25, 0.3) is 0 Å². The first-order valence-corrected chi connectivity index (χ1v) is 7.60. The molecule has 2 aromatic carbocycles. The fraction of sp³-hybridized carbons (Fsp3) is 0.100. The van der Waals surface area contributed by atoms with E-state index < -0.39 is 11.5 Å². The number of pyridine rings is 1. The number of primary amides is 1. The molecule has 2 N–H and O–H groups in total. The van der Waals surface area contributed by atoms with Crippen LogP contribution in [0.1, 0.15) is 27.0 Å². The van der Waals surface area contributed by atoms with Crippen molar-refractivity contribution in [2.45, 2.75) is 5.60 Å². The summed E-state index contributed by atoms with van der Waals surface area (Å²) < 4.78 is 6.04. The Labute approximate surface area is 140 Å². The number of nitrogens with zero attached hydrogens (tertiary/aromatic N) is 1. The fourth-order valence-corrected chi connectivity index (χ4v) is 3.07. The average Bonchev–Trinajstić information content (AvgIpc) is 2.65. The van der Waals surface area contributed by atoms with E-state index >= 15 is 0 Å². The summed E-state index contributed by atoms with van der Waals surface area (Å²) >= 11 is 0. The van der Waals surface area contributed by atoms with Crippen molar-refractivity contribution in [3.05, 3.63) is 101 Å². The first-order chi connectivity index (χ1) is 11.7. The molecule has 4 heteroatoms. The number of carbonyl (C=O) groups excluding carboxylic acids is 1. The number of carbonyl (C=O) groups is 1. The van der Waals surface area contributed by atoms with E-state index in [4.69, 9.17) is 10.5 Å². The zero-order valence-electron chi connectivity index (χ0n) is 13.3. The number of hydrogen-bond acceptors (Lipinski definition) is 3. The second-order valence-electron chi connectivity index (χ2n) is 5.40. The molecule has 0 radical (unpaired) electrons. The Morgan fingerprint density at radius 1 is 0.958 bits per heavy atom. The average molecular weight is 318 g/mol. The predicted octanol–water partition coefficient (Wildman–Crippen LogP) is 3.12. The van der Waals surface area contributed by atoms with Gasteiger partial charge in [0.15, 0.2) is 0 Å². The molecule has 0 aliphatic carbocycles. The fourth-order valence-electron chi connectivity index (χ4n) is 3.07. The van der Waals surface area contributed by atoms with Crippen molar-refractivity contribution in [3.63, 3.8) is 0 Å². The molecule has 3 aromatic rings. The predicted molar refractivity (Wildman–Crippen MR) is 92.5 cm³/mol. The number of nitrogens with two attached hydrogens (primary N) is 1.